The van der Waals surface area contributed by atoms with Gasteiger partial charge >= 0.3 is 0 Å². The number of aromatic amines is 1. The van der Waals surface area contributed by atoms with Crippen LogP contribution in [-0.4, -0.2) is 29.5 Å². The summed E-state index contributed by atoms with van der Waals surface area (Å²) < 4.78 is 18.7. The van der Waals surface area contributed by atoms with Crippen LogP contribution >= 0.6 is 23.2 Å². The molecule has 3 atom stereocenters. The van der Waals surface area contributed by atoms with Crippen molar-refractivity contribution in [3.63, 3.8) is 0 Å². The van der Waals surface area contributed by atoms with Crippen molar-refractivity contribution in [1.82, 2.24) is 29.5 Å². The molecule has 1 saturated carbocycles. The summed E-state index contributed by atoms with van der Waals surface area (Å²) in [6, 6.07) is 14.4. The van der Waals surface area contributed by atoms with Crippen LogP contribution in [0.4, 0.5) is 10.1 Å². The fourth-order valence-electron chi connectivity index (χ4n) is 6.38. The molecule has 8 nitrogen and oxygen atoms in total. The van der Waals surface area contributed by atoms with Gasteiger partial charge in [0, 0.05) is 45.2 Å². The zero-order valence-electron chi connectivity index (χ0n) is 21.5. The molecule has 3 unspecified atom stereocenters. The summed E-state index contributed by atoms with van der Waals surface area (Å²) in [7, 11) is 0. The number of halogens is 3. The fraction of sp³-hybridized carbons (Fsp3) is 0.200. The van der Waals surface area contributed by atoms with Crippen LogP contribution in [0.1, 0.15) is 41.8 Å². The molecule has 5 aromatic rings. The molecule has 8 rings (SSSR count). The van der Waals surface area contributed by atoms with E-state index in [1.54, 1.807) is 33.6 Å². The maximum Gasteiger partial charge on any atom is 0.251 e. The number of anilines is 1. The lowest BCUT2D eigenvalue weighted by molar-refractivity contribution is 0.482. The summed E-state index contributed by atoms with van der Waals surface area (Å²) in [6.07, 6.45) is 4.18. The number of hydrogen-bond acceptors (Lipinski definition) is 5. The molecule has 0 amide bonds. The molecule has 2 aromatic carbocycles. The Labute approximate surface area is 243 Å². The Bertz CT molecular complexity index is 1980. The molecule has 1 fully saturated rings. The molecule has 204 valence electrons. The summed E-state index contributed by atoms with van der Waals surface area (Å²) in [5.41, 5.74) is 7.05. The third-order valence-electron chi connectivity index (χ3n) is 8.35. The van der Waals surface area contributed by atoms with Crippen molar-refractivity contribution in [3.8, 4) is 28.2 Å². The molecule has 2 N–H and O–H groups in total. The lowest BCUT2D eigenvalue weighted by atomic mass is 9.99. The Morgan fingerprint density at radius 3 is 2.76 bits per heavy atom. The van der Waals surface area contributed by atoms with Gasteiger partial charge in [0.1, 0.15) is 5.82 Å². The predicted molar refractivity (Wildman–Crippen MR) is 155 cm³/mol. The Kier molecular flexibility index (Phi) is 5.33. The van der Waals surface area contributed by atoms with Gasteiger partial charge in [0.25, 0.3) is 5.56 Å². The Balaban J connectivity index is 1.19. The first-order valence-electron chi connectivity index (χ1n) is 13.3. The molecule has 2 aliphatic heterocycles. The Morgan fingerprint density at radius 1 is 1.05 bits per heavy atom. The van der Waals surface area contributed by atoms with E-state index in [-0.39, 0.29) is 22.5 Å². The zero-order chi connectivity index (χ0) is 28.0. The minimum atomic E-state index is -0.580. The number of nitrogens with one attached hydrogen (secondary N) is 2. The molecule has 41 heavy (non-hydrogen) atoms. The second-order valence-electron chi connectivity index (χ2n) is 10.9. The second-order valence-corrected chi connectivity index (χ2v) is 11.7. The molecule has 0 spiro atoms. The summed E-state index contributed by atoms with van der Waals surface area (Å²) in [5, 5.41) is 12.0. The topological polar surface area (TPSA) is 93.4 Å². The van der Waals surface area contributed by atoms with Gasteiger partial charge in [0.15, 0.2) is 5.15 Å². The second kappa shape index (κ2) is 8.89. The first kappa shape index (κ1) is 24.6. The highest BCUT2D eigenvalue weighted by atomic mass is 35.5. The molecule has 0 radical (unpaired) electrons. The number of aryl methyl sites for hydroxylation is 1. The van der Waals surface area contributed by atoms with Crippen LogP contribution < -0.4 is 10.9 Å². The van der Waals surface area contributed by atoms with E-state index in [0.717, 1.165) is 53.0 Å². The smallest absolute Gasteiger partial charge is 0.251 e. The largest absolute Gasteiger partial charge is 0.359 e. The van der Waals surface area contributed by atoms with Crippen molar-refractivity contribution < 1.29 is 4.39 Å². The number of H-pyrrole nitrogens is 1. The quantitative estimate of drug-likeness (QED) is 0.251. The van der Waals surface area contributed by atoms with E-state index in [4.69, 9.17) is 23.2 Å². The summed E-state index contributed by atoms with van der Waals surface area (Å²) >= 11 is 12.4. The first-order chi connectivity index (χ1) is 19.8. The zero-order valence-corrected chi connectivity index (χ0v) is 23.0. The van der Waals surface area contributed by atoms with E-state index >= 15 is 4.39 Å². The van der Waals surface area contributed by atoms with Crippen molar-refractivity contribution in [1.29, 1.82) is 0 Å². The van der Waals surface area contributed by atoms with Gasteiger partial charge < -0.3 is 14.9 Å². The van der Waals surface area contributed by atoms with E-state index in [1.807, 2.05) is 30.3 Å². The van der Waals surface area contributed by atoms with Gasteiger partial charge in [-0.3, -0.25) is 4.79 Å². The maximum atomic E-state index is 15.5. The number of rotatable bonds is 4. The Morgan fingerprint density at radius 2 is 1.93 bits per heavy atom. The normalized spacial score (nSPS) is 20.4. The van der Waals surface area contributed by atoms with Crippen LogP contribution in [0.5, 0.6) is 0 Å². The third kappa shape index (κ3) is 3.94. The van der Waals surface area contributed by atoms with Crippen molar-refractivity contribution in [3.05, 3.63) is 110 Å². The number of pyridine rings is 1. The van der Waals surface area contributed by atoms with Gasteiger partial charge in [-0.25, -0.2) is 9.67 Å². The minimum absolute atomic E-state index is 0.118. The molecule has 3 aromatic heterocycles. The average Bonchev–Trinajstić information content (AvgIpc) is 3.28. The van der Waals surface area contributed by atoms with E-state index in [0.29, 0.717) is 27.8 Å². The van der Waals surface area contributed by atoms with E-state index in [1.165, 1.54) is 0 Å². The average molecular weight is 586 g/mol. The molecule has 0 bridgehead atoms. The maximum absolute atomic E-state index is 15.5. The molecule has 5 heterocycles. The highest BCUT2D eigenvalue weighted by molar-refractivity contribution is 6.31. The van der Waals surface area contributed by atoms with Crippen LogP contribution in [0, 0.1) is 11.9 Å². The van der Waals surface area contributed by atoms with Gasteiger partial charge in [-0.2, -0.15) is 4.39 Å². The summed E-state index contributed by atoms with van der Waals surface area (Å²) in [6.45, 7) is 4.01. The number of fused-ring (bicyclic) bond motifs is 4. The molecule has 11 heteroatoms. The van der Waals surface area contributed by atoms with Gasteiger partial charge in [-0.1, -0.05) is 35.0 Å². The van der Waals surface area contributed by atoms with Crippen molar-refractivity contribution in [2.24, 2.45) is 5.92 Å². The molecule has 0 saturated heterocycles. The lowest BCUT2D eigenvalue weighted by Gasteiger charge is -2.20. The number of allylic oxidation sites excluding steroid dienone is 1. The van der Waals surface area contributed by atoms with Gasteiger partial charge in [0.2, 0.25) is 5.95 Å². The van der Waals surface area contributed by atoms with Crippen LogP contribution in [0.25, 0.3) is 28.2 Å². The number of benzene rings is 2. The highest BCUT2D eigenvalue weighted by Crippen LogP contribution is 2.61. The first-order valence-corrected chi connectivity index (χ1v) is 14.1. The fourth-order valence-corrected chi connectivity index (χ4v) is 6.68. The van der Waals surface area contributed by atoms with Crippen LogP contribution in [0.3, 0.4) is 0 Å². The van der Waals surface area contributed by atoms with Gasteiger partial charge in [-0.05, 0) is 78.8 Å². The molecular formula is C30H22Cl2FN7O. The van der Waals surface area contributed by atoms with E-state index in [2.05, 4.69) is 32.2 Å². The van der Waals surface area contributed by atoms with Crippen LogP contribution in [0.15, 0.2) is 71.8 Å². The molecular weight excluding hydrogens is 564 g/mol. The third-order valence-corrected chi connectivity index (χ3v) is 8.76. The minimum Gasteiger partial charge on any atom is -0.359 e. The summed E-state index contributed by atoms with van der Waals surface area (Å²) in [4.78, 5) is 21.2. The standard InChI is InChI=1S/C30H22Cl2FN7O/c1-14-2-3-15-8-16(4-6-22(15)34-14)30-35-27(29(33)36-30)28-21-12-20(21)24-9-17(10-26(41)40(24)28)19-11-18(31)5-7-23(19)39-13-25(32)37-38-39/h4-11,13,20-21,28,34H,1-3,12H2,(H,35,36). The number of aromatic nitrogens is 6. The number of nitrogens with zero attached hydrogens (tertiary/aromatic N) is 5. The number of imidazole rings is 1. The van der Waals surface area contributed by atoms with E-state index < -0.39 is 12.0 Å². The Hall–Kier alpha value is -4.21. The summed E-state index contributed by atoms with van der Waals surface area (Å²) in [5.74, 6) is 0.150. The van der Waals surface area contributed by atoms with E-state index in [9.17, 15) is 4.79 Å². The van der Waals surface area contributed by atoms with Crippen LogP contribution in [-0.2, 0) is 6.42 Å². The SMILES string of the molecule is C=C1CCc2cc(-c3nc(F)c(C4C5CC5c5cc(-c6cc(Cl)ccc6-n6cc(Cl)nn6)cc(=O)n54)[nH]3)ccc2N1. The highest BCUT2D eigenvalue weighted by Gasteiger charge is 2.54. The molecule has 3 aliphatic rings. The number of hydrogen-bond donors (Lipinski definition) is 2. The lowest BCUT2D eigenvalue weighted by Crippen LogP contribution is -2.26. The monoisotopic (exact) mass is 585 g/mol. The predicted octanol–water partition coefficient (Wildman–Crippen LogP) is 6.51. The molecule has 1 aliphatic carbocycles. The van der Waals surface area contributed by atoms with Crippen molar-refractivity contribution in [2.45, 2.75) is 31.2 Å². The van der Waals surface area contributed by atoms with Crippen molar-refractivity contribution in [2.75, 3.05) is 5.32 Å². The van der Waals surface area contributed by atoms with Gasteiger partial charge in [-0.15, -0.1) is 5.10 Å². The van der Waals surface area contributed by atoms with Crippen molar-refractivity contribution >= 4 is 28.9 Å². The van der Waals surface area contributed by atoms with Crippen LogP contribution in [0.2, 0.25) is 10.2 Å². The van der Waals surface area contributed by atoms with Gasteiger partial charge in [0.05, 0.1) is 23.6 Å².